The average Bonchev–Trinajstić information content (AvgIpc) is 2.98. The normalized spacial score (nSPS) is 42.9. The first-order chi connectivity index (χ1) is 20.8. The first-order valence-electron chi connectivity index (χ1n) is 14.8. The van der Waals surface area contributed by atoms with Gasteiger partial charge in [-0.05, 0) is 25.8 Å². The molecule has 44 heavy (non-hydrogen) atoms. The summed E-state index contributed by atoms with van der Waals surface area (Å²) in [6.07, 6.45) is -14.7. The summed E-state index contributed by atoms with van der Waals surface area (Å²) < 4.78 is 23.4. The van der Waals surface area contributed by atoms with Gasteiger partial charge < -0.3 is 94.0 Å². The molecule has 0 aromatic rings. The van der Waals surface area contributed by atoms with Crippen LogP contribution in [0, 0.1) is 0 Å². The molecular formula is C25H51N7O12. The van der Waals surface area contributed by atoms with Gasteiger partial charge in [-0.3, -0.25) is 4.79 Å². The molecule has 16 atom stereocenters. The van der Waals surface area contributed by atoms with Crippen molar-refractivity contribution in [2.45, 2.75) is 117 Å². The van der Waals surface area contributed by atoms with E-state index in [1.54, 1.807) is 0 Å². The van der Waals surface area contributed by atoms with Crippen LogP contribution >= 0.6 is 0 Å². The van der Waals surface area contributed by atoms with Crippen LogP contribution in [0.4, 0.5) is 0 Å². The second-order valence-corrected chi connectivity index (χ2v) is 11.6. The summed E-state index contributed by atoms with van der Waals surface area (Å²) in [6.45, 7) is -0.368. The van der Waals surface area contributed by atoms with Gasteiger partial charge >= 0.3 is 0 Å². The second kappa shape index (κ2) is 17.1. The Morgan fingerprint density at radius 1 is 0.886 bits per heavy atom. The first kappa shape index (κ1) is 37.2. The van der Waals surface area contributed by atoms with Gasteiger partial charge in [0.2, 0.25) is 5.91 Å². The predicted molar refractivity (Wildman–Crippen MR) is 151 cm³/mol. The van der Waals surface area contributed by atoms with E-state index < -0.39 is 110 Å². The number of nitrogens with one attached hydrogen (secondary N) is 2. The van der Waals surface area contributed by atoms with Crippen molar-refractivity contribution in [3.8, 4) is 0 Å². The molecule has 1 saturated carbocycles. The lowest BCUT2D eigenvalue weighted by Gasteiger charge is -2.48. The van der Waals surface area contributed by atoms with E-state index in [1.165, 1.54) is 0 Å². The molecule has 2 saturated heterocycles. The molecule has 0 bridgehead atoms. The lowest BCUT2D eigenvalue weighted by molar-refractivity contribution is -0.316. The topological polar surface area (TPSA) is 350 Å². The standard InChI is InChI=1S/C25H51N7O12/c26-2-1-9(34)6-31-7-15-13(35)4-11(29)24(41-15)43-21-10(28)3-12(32-23(40)14(36)5-27)22(20(21)39)44-25-19(38)17(30)18(37)16(8-33)42-25/h9-22,24-25,31,33-39H,1-8,26-30H2,(H,32,40)/t9?,10-,11+,12+,13-,14-,15+,16+,17-,18+,19+,20-,21+,22-,24+,25+/m0/s1. The van der Waals surface area contributed by atoms with Crippen molar-refractivity contribution in [3.63, 3.8) is 0 Å². The van der Waals surface area contributed by atoms with Gasteiger partial charge in [0.25, 0.3) is 0 Å². The van der Waals surface area contributed by atoms with Gasteiger partial charge in [0.15, 0.2) is 12.6 Å². The number of carbonyl (C=O) groups is 1. The zero-order chi connectivity index (χ0) is 32.7. The summed E-state index contributed by atoms with van der Waals surface area (Å²) in [4.78, 5) is 12.5. The first-order valence-corrected chi connectivity index (χ1v) is 14.8. The van der Waals surface area contributed by atoms with Crippen molar-refractivity contribution >= 4 is 5.91 Å². The molecule has 3 rings (SSSR count). The van der Waals surface area contributed by atoms with Crippen LogP contribution in [-0.2, 0) is 23.7 Å². The minimum atomic E-state index is -1.61. The third-order valence-electron chi connectivity index (χ3n) is 8.22. The Labute approximate surface area is 254 Å². The molecule has 19 heteroatoms. The third-order valence-corrected chi connectivity index (χ3v) is 8.22. The number of aliphatic hydroxyl groups excluding tert-OH is 7. The van der Waals surface area contributed by atoms with Gasteiger partial charge in [0, 0.05) is 25.7 Å². The molecule has 19 nitrogen and oxygen atoms in total. The molecule has 2 aliphatic heterocycles. The van der Waals surface area contributed by atoms with Crippen LogP contribution in [0.15, 0.2) is 0 Å². The molecule has 0 radical (unpaired) electrons. The Morgan fingerprint density at radius 3 is 2.18 bits per heavy atom. The summed E-state index contributed by atoms with van der Waals surface area (Å²) in [6, 6.07) is -4.11. The molecule has 258 valence electrons. The maximum absolute atomic E-state index is 12.5. The van der Waals surface area contributed by atoms with Gasteiger partial charge in [-0.2, -0.15) is 0 Å². The Kier molecular flexibility index (Phi) is 14.5. The van der Waals surface area contributed by atoms with Crippen molar-refractivity contribution in [2.75, 3.05) is 32.8 Å². The third kappa shape index (κ3) is 9.20. The van der Waals surface area contributed by atoms with E-state index in [1.807, 2.05) is 0 Å². The Bertz CT molecular complexity index is 883. The lowest BCUT2D eigenvalue weighted by Crippen LogP contribution is -2.69. The van der Waals surface area contributed by atoms with Gasteiger partial charge in [-0.25, -0.2) is 0 Å². The average molecular weight is 642 g/mol. The lowest BCUT2D eigenvalue weighted by atomic mass is 9.83. The maximum atomic E-state index is 12.5. The molecule has 3 fully saturated rings. The second-order valence-electron chi connectivity index (χ2n) is 11.6. The summed E-state index contributed by atoms with van der Waals surface area (Å²) in [5.41, 5.74) is 29.3. The molecule has 1 unspecified atom stereocenters. The molecular weight excluding hydrogens is 590 g/mol. The van der Waals surface area contributed by atoms with Gasteiger partial charge in [0.1, 0.15) is 42.7 Å². The van der Waals surface area contributed by atoms with Crippen molar-refractivity contribution in [1.29, 1.82) is 0 Å². The molecule has 0 spiro atoms. The Balaban J connectivity index is 1.76. The number of hydrogen-bond acceptors (Lipinski definition) is 18. The monoisotopic (exact) mass is 641 g/mol. The van der Waals surface area contributed by atoms with Crippen LogP contribution in [0.5, 0.6) is 0 Å². The van der Waals surface area contributed by atoms with Crippen molar-refractivity contribution < 1.29 is 59.5 Å². The van der Waals surface area contributed by atoms with Crippen LogP contribution in [-0.4, -0.2) is 172 Å². The number of aliphatic hydroxyl groups is 7. The smallest absolute Gasteiger partial charge is 0.250 e. The quantitative estimate of drug-likeness (QED) is 0.0836. The Morgan fingerprint density at radius 2 is 1.55 bits per heavy atom. The van der Waals surface area contributed by atoms with E-state index in [0.717, 1.165) is 0 Å². The molecule has 1 amide bonds. The van der Waals surface area contributed by atoms with E-state index >= 15 is 0 Å². The van der Waals surface area contributed by atoms with E-state index in [4.69, 9.17) is 47.6 Å². The van der Waals surface area contributed by atoms with Crippen molar-refractivity contribution in [1.82, 2.24) is 10.6 Å². The predicted octanol–water partition coefficient (Wildman–Crippen LogP) is -8.48. The van der Waals surface area contributed by atoms with Gasteiger partial charge in [-0.1, -0.05) is 0 Å². The van der Waals surface area contributed by atoms with Crippen LogP contribution in [0.1, 0.15) is 19.3 Å². The summed E-state index contributed by atoms with van der Waals surface area (Å²) >= 11 is 0. The van der Waals surface area contributed by atoms with E-state index in [-0.39, 0.29) is 32.5 Å². The molecule has 3 aliphatic rings. The van der Waals surface area contributed by atoms with E-state index in [0.29, 0.717) is 13.0 Å². The van der Waals surface area contributed by atoms with Gasteiger partial charge in [-0.15, -0.1) is 0 Å². The number of ether oxygens (including phenoxy) is 4. The number of hydrogen-bond donors (Lipinski definition) is 14. The number of carbonyl (C=O) groups excluding carboxylic acids is 1. The van der Waals surface area contributed by atoms with Crippen molar-refractivity contribution in [3.05, 3.63) is 0 Å². The van der Waals surface area contributed by atoms with Crippen LogP contribution in [0.3, 0.4) is 0 Å². The van der Waals surface area contributed by atoms with E-state index in [9.17, 15) is 40.5 Å². The number of rotatable bonds is 14. The maximum Gasteiger partial charge on any atom is 0.250 e. The summed E-state index contributed by atoms with van der Waals surface area (Å²) in [5, 5.41) is 77.8. The highest BCUT2D eigenvalue weighted by molar-refractivity contribution is 5.81. The largest absolute Gasteiger partial charge is 0.394 e. The minimum absolute atomic E-state index is 0.0645. The highest BCUT2D eigenvalue weighted by Crippen LogP contribution is 2.31. The van der Waals surface area contributed by atoms with Crippen LogP contribution in [0.2, 0.25) is 0 Å². The fraction of sp³-hybridized carbons (Fsp3) is 0.960. The van der Waals surface area contributed by atoms with Gasteiger partial charge in [0.05, 0.1) is 43.0 Å². The molecule has 2 heterocycles. The zero-order valence-electron chi connectivity index (χ0n) is 24.5. The zero-order valence-corrected chi connectivity index (χ0v) is 24.5. The van der Waals surface area contributed by atoms with Crippen molar-refractivity contribution in [2.24, 2.45) is 28.7 Å². The number of amides is 1. The Hall–Kier alpha value is -1.21. The highest BCUT2D eigenvalue weighted by atomic mass is 16.7. The SMILES string of the molecule is NCCC(O)CNC[C@H]1O[C@H](O[C@H]2[C@H](O)[C@@H](O[C@H]3O[C@H](CO)[C@@H](O)[C@H](N)[C@H]3O)[C@H](NC(=O)[C@@H](O)CN)C[C@@H]2N)[C@H](N)C[C@@H]1O. The summed E-state index contributed by atoms with van der Waals surface area (Å²) in [5.74, 6) is -0.867. The minimum Gasteiger partial charge on any atom is -0.394 e. The van der Waals surface area contributed by atoms with E-state index in [2.05, 4.69) is 10.6 Å². The molecule has 0 aromatic heterocycles. The molecule has 1 aliphatic carbocycles. The number of nitrogens with two attached hydrogens (primary N) is 5. The van der Waals surface area contributed by atoms with Crippen LogP contribution < -0.4 is 39.3 Å². The molecule has 19 N–H and O–H groups in total. The highest BCUT2D eigenvalue weighted by Gasteiger charge is 2.51. The fourth-order valence-corrected chi connectivity index (χ4v) is 5.57. The summed E-state index contributed by atoms with van der Waals surface area (Å²) in [7, 11) is 0. The fourth-order valence-electron chi connectivity index (χ4n) is 5.57. The molecule has 0 aromatic carbocycles. The van der Waals surface area contributed by atoms with Crippen LogP contribution in [0.25, 0.3) is 0 Å².